The number of carboxylic acid groups (broad SMARTS) is 2. The first-order chi connectivity index (χ1) is 15.6. The Morgan fingerprint density at radius 1 is 1.12 bits per heavy atom. The number of aromatic amines is 1. The van der Waals surface area contributed by atoms with E-state index in [2.05, 4.69) is 46.5 Å². The predicted octanol–water partition coefficient (Wildman–Crippen LogP) is 0.329. The molecule has 0 aliphatic rings. The van der Waals surface area contributed by atoms with Crippen molar-refractivity contribution in [2.45, 2.75) is 23.8 Å². The van der Waals surface area contributed by atoms with Crippen LogP contribution >= 0.6 is 15.9 Å². The average molecular weight is 520 g/mol. The van der Waals surface area contributed by atoms with Crippen molar-refractivity contribution in [2.75, 3.05) is 11.1 Å². The summed E-state index contributed by atoms with van der Waals surface area (Å²) in [5, 5.41) is 23.5. The van der Waals surface area contributed by atoms with Crippen molar-refractivity contribution in [1.29, 1.82) is 0 Å². The maximum absolute atomic E-state index is 12.4. The summed E-state index contributed by atoms with van der Waals surface area (Å²) in [5.74, 6) is -3.29. The van der Waals surface area contributed by atoms with Crippen LogP contribution in [0.4, 0.5) is 11.6 Å². The molecule has 0 aliphatic carbocycles. The average Bonchev–Trinajstić information content (AvgIpc) is 2.77. The van der Waals surface area contributed by atoms with Crippen molar-refractivity contribution in [3.05, 3.63) is 52.1 Å². The zero-order chi connectivity index (χ0) is 24.1. The lowest BCUT2D eigenvalue weighted by Gasteiger charge is -2.16. The first-order valence-corrected chi connectivity index (χ1v) is 10.3. The molecule has 0 aliphatic heterocycles. The number of rotatable bonds is 9. The molecule has 0 fully saturated rings. The lowest BCUT2D eigenvalue weighted by molar-refractivity contribution is -0.140. The van der Waals surface area contributed by atoms with Crippen LogP contribution in [0.25, 0.3) is 11.2 Å². The van der Waals surface area contributed by atoms with Gasteiger partial charge in [0, 0.05) is 17.7 Å². The highest BCUT2D eigenvalue weighted by Crippen LogP contribution is 2.13. The Morgan fingerprint density at radius 2 is 1.82 bits per heavy atom. The number of nitrogens with one attached hydrogen (secondary N) is 3. The third-order valence-corrected chi connectivity index (χ3v) is 5.19. The second-order valence-corrected chi connectivity index (χ2v) is 7.93. The maximum Gasteiger partial charge on any atom is 0.326 e. The lowest BCUT2D eigenvalue weighted by Crippen LogP contribution is -2.43. The van der Waals surface area contributed by atoms with E-state index in [0.29, 0.717) is 11.4 Å². The van der Waals surface area contributed by atoms with Crippen LogP contribution in [0.15, 0.2) is 35.3 Å². The number of alkyl halides is 1. The zero-order valence-electron chi connectivity index (χ0n) is 16.8. The zero-order valence-corrected chi connectivity index (χ0v) is 18.4. The van der Waals surface area contributed by atoms with E-state index in [4.69, 9.17) is 10.8 Å². The van der Waals surface area contributed by atoms with Gasteiger partial charge in [0.05, 0.1) is 18.4 Å². The van der Waals surface area contributed by atoms with E-state index in [9.17, 15) is 24.3 Å². The molecule has 1 aromatic carbocycles. The highest BCUT2D eigenvalue weighted by molar-refractivity contribution is 9.10. The van der Waals surface area contributed by atoms with Crippen LogP contribution in [0, 0.1) is 0 Å². The quantitative estimate of drug-likeness (QED) is 0.212. The molecule has 0 spiro atoms. The molecule has 2 atom stereocenters. The van der Waals surface area contributed by atoms with Crippen molar-refractivity contribution >= 4 is 56.6 Å². The number of benzene rings is 1. The number of nitrogens with two attached hydrogens (primary N) is 1. The SMILES string of the molecule is Nc1nc2ncc(CNc3ccc(C(=O)N[C@@H](CC(Br)C(=O)O)C(=O)O)cc3)nc2c(=O)[nH]1. The molecule has 3 rings (SSSR count). The number of aliphatic carboxylic acids is 2. The Kier molecular flexibility index (Phi) is 7.17. The molecule has 0 radical (unpaired) electrons. The summed E-state index contributed by atoms with van der Waals surface area (Å²) in [6.45, 7) is 0.223. The third-order valence-electron chi connectivity index (χ3n) is 4.42. The first kappa shape index (κ1) is 23.6. The second-order valence-electron chi connectivity index (χ2n) is 6.82. The number of hydrogen-bond donors (Lipinski definition) is 6. The van der Waals surface area contributed by atoms with Crippen LogP contribution in [0.1, 0.15) is 22.5 Å². The van der Waals surface area contributed by atoms with E-state index in [0.717, 1.165) is 0 Å². The number of aromatic nitrogens is 4. The number of amides is 1. The molecule has 33 heavy (non-hydrogen) atoms. The molecule has 0 saturated heterocycles. The van der Waals surface area contributed by atoms with Gasteiger partial charge in [0.15, 0.2) is 11.2 Å². The van der Waals surface area contributed by atoms with E-state index in [1.807, 2.05) is 0 Å². The van der Waals surface area contributed by atoms with Crippen molar-refractivity contribution < 1.29 is 24.6 Å². The summed E-state index contributed by atoms with van der Waals surface area (Å²) in [6.07, 6.45) is 1.12. The number of carbonyl (C=O) groups excluding carboxylic acids is 1. The molecule has 2 aromatic heterocycles. The van der Waals surface area contributed by atoms with Crippen molar-refractivity contribution in [2.24, 2.45) is 0 Å². The highest BCUT2D eigenvalue weighted by atomic mass is 79.9. The van der Waals surface area contributed by atoms with E-state index >= 15 is 0 Å². The Balaban J connectivity index is 1.63. The second kappa shape index (κ2) is 10.0. The van der Waals surface area contributed by atoms with Gasteiger partial charge in [-0.15, -0.1) is 0 Å². The summed E-state index contributed by atoms with van der Waals surface area (Å²) >= 11 is 2.86. The molecule has 7 N–H and O–H groups in total. The number of fused-ring (bicyclic) bond motifs is 1. The van der Waals surface area contributed by atoms with E-state index in [-0.39, 0.29) is 35.6 Å². The number of hydrogen-bond acceptors (Lipinski definition) is 9. The summed E-state index contributed by atoms with van der Waals surface area (Å²) in [4.78, 5) is 60.0. The molecule has 172 valence electrons. The molecule has 1 amide bonds. The maximum atomic E-state index is 12.4. The van der Waals surface area contributed by atoms with Crippen LogP contribution in [-0.2, 0) is 16.1 Å². The number of nitrogen functional groups attached to an aromatic ring is 1. The third kappa shape index (κ3) is 6.00. The van der Waals surface area contributed by atoms with E-state index in [1.165, 1.54) is 18.3 Å². The van der Waals surface area contributed by atoms with Gasteiger partial charge in [0.1, 0.15) is 10.9 Å². The summed E-state index contributed by atoms with van der Waals surface area (Å²) in [5.41, 5.74) is 6.43. The van der Waals surface area contributed by atoms with E-state index in [1.54, 1.807) is 12.1 Å². The van der Waals surface area contributed by atoms with Gasteiger partial charge in [-0.05, 0) is 24.3 Å². The number of anilines is 2. The normalized spacial score (nSPS) is 12.6. The molecule has 14 heteroatoms. The molecule has 0 bridgehead atoms. The monoisotopic (exact) mass is 519 g/mol. The summed E-state index contributed by atoms with van der Waals surface area (Å²) < 4.78 is 0. The highest BCUT2D eigenvalue weighted by Gasteiger charge is 2.27. The van der Waals surface area contributed by atoms with Crippen LogP contribution in [0.5, 0.6) is 0 Å². The fourth-order valence-electron chi connectivity index (χ4n) is 2.76. The van der Waals surface area contributed by atoms with Gasteiger partial charge in [-0.2, -0.15) is 4.98 Å². The van der Waals surface area contributed by atoms with Crippen LogP contribution in [0.3, 0.4) is 0 Å². The molecule has 1 unspecified atom stereocenters. The Morgan fingerprint density at radius 3 is 2.45 bits per heavy atom. The van der Waals surface area contributed by atoms with Gasteiger partial charge in [0.2, 0.25) is 5.95 Å². The molecule has 0 saturated carbocycles. The fraction of sp³-hybridized carbons (Fsp3) is 0.211. The van der Waals surface area contributed by atoms with Crippen molar-refractivity contribution in [3.8, 4) is 0 Å². The van der Waals surface area contributed by atoms with Crippen LogP contribution in [-0.4, -0.2) is 58.9 Å². The number of halogens is 1. The van der Waals surface area contributed by atoms with Gasteiger partial charge in [-0.1, -0.05) is 15.9 Å². The number of carbonyl (C=O) groups is 3. The van der Waals surface area contributed by atoms with Gasteiger partial charge in [0.25, 0.3) is 11.5 Å². The van der Waals surface area contributed by atoms with Gasteiger partial charge in [-0.3, -0.25) is 19.4 Å². The molecule has 2 heterocycles. The molecule has 3 aromatic rings. The molecule has 13 nitrogen and oxygen atoms in total. The topological polar surface area (TPSA) is 213 Å². The fourth-order valence-corrected chi connectivity index (χ4v) is 3.13. The van der Waals surface area contributed by atoms with Gasteiger partial charge >= 0.3 is 11.9 Å². The largest absolute Gasteiger partial charge is 0.480 e. The van der Waals surface area contributed by atoms with Gasteiger partial charge < -0.3 is 26.6 Å². The minimum Gasteiger partial charge on any atom is -0.480 e. The first-order valence-electron chi connectivity index (χ1n) is 9.40. The Labute approximate surface area is 193 Å². The minimum atomic E-state index is -1.38. The van der Waals surface area contributed by atoms with E-state index < -0.39 is 34.3 Å². The predicted molar refractivity (Wildman–Crippen MR) is 120 cm³/mol. The number of carboxylic acids is 2. The smallest absolute Gasteiger partial charge is 0.326 e. The van der Waals surface area contributed by atoms with Crippen LogP contribution in [0.2, 0.25) is 0 Å². The standard InChI is InChI=1S/C19H18BrN7O6/c20-11(17(30)31)5-12(18(32)33)25-15(28)8-1-3-9(4-2-8)22-6-10-7-23-14-13(24-10)16(29)27-19(21)26-14/h1-4,7,11-12,22H,5-6H2,(H,25,28)(H,30,31)(H,32,33)(H3,21,23,26,27,29)/t11?,12-/m0/s1. The Bertz CT molecular complexity index is 1260. The molecular weight excluding hydrogens is 502 g/mol. The number of H-pyrrole nitrogens is 1. The molecular formula is C19H18BrN7O6. The Hall–Kier alpha value is -4.07. The lowest BCUT2D eigenvalue weighted by atomic mass is 10.1. The van der Waals surface area contributed by atoms with Gasteiger partial charge in [-0.25, -0.2) is 14.8 Å². The summed E-state index contributed by atoms with van der Waals surface area (Å²) in [6, 6.07) is 4.76. The van der Waals surface area contributed by atoms with Crippen LogP contribution < -0.4 is 21.9 Å². The summed E-state index contributed by atoms with van der Waals surface area (Å²) in [7, 11) is 0. The van der Waals surface area contributed by atoms with Crippen molar-refractivity contribution in [3.63, 3.8) is 0 Å². The number of nitrogens with zero attached hydrogens (tertiary/aromatic N) is 3. The van der Waals surface area contributed by atoms with Crippen molar-refractivity contribution in [1.82, 2.24) is 25.3 Å². The minimum absolute atomic E-state index is 0.0529.